The normalized spacial score (nSPS) is 19.0. The first-order valence-electron chi connectivity index (χ1n) is 17.6. The van der Waals surface area contributed by atoms with Crippen molar-refractivity contribution in [3.05, 3.63) is 154 Å². The number of urea groups is 1. The Balaban J connectivity index is 0.993. The van der Waals surface area contributed by atoms with Crippen LogP contribution in [0.15, 0.2) is 127 Å². The second-order valence-electron chi connectivity index (χ2n) is 13.1. The predicted octanol–water partition coefficient (Wildman–Crippen LogP) is 7.89. The number of benzene rings is 5. The lowest BCUT2D eigenvalue weighted by atomic mass is 9.99. The monoisotopic (exact) mass is 715 g/mol. The molecule has 0 unspecified atom stereocenters. The minimum atomic E-state index is -0.681. The Kier molecular flexibility index (Phi) is 11.2. The number of aliphatic hydroxyl groups is 1. The molecule has 0 bridgehead atoms. The van der Waals surface area contributed by atoms with Gasteiger partial charge in [0.05, 0.1) is 23.7 Å². The van der Waals surface area contributed by atoms with Gasteiger partial charge in [-0.25, -0.2) is 4.79 Å². The fourth-order valence-corrected chi connectivity index (χ4v) is 6.58. The van der Waals surface area contributed by atoms with Crippen LogP contribution < -0.4 is 20.3 Å². The van der Waals surface area contributed by atoms with Gasteiger partial charge in [0.25, 0.3) is 5.69 Å². The number of ether oxygens (including phenoxy) is 3. The number of hydrogen-bond acceptors (Lipinski definition) is 9. The van der Waals surface area contributed by atoms with Crippen LogP contribution in [0, 0.1) is 10.1 Å². The van der Waals surface area contributed by atoms with Gasteiger partial charge in [-0.3, -0.25) is 15.0 Å². The zero-order chi connectivity index (χ0) is 36.6. The van der Waals surface area contributed by atoms with Crippen molar-refractivity contribution in [1.82, 2.24) is 4.90 Å². The van der Waals surface area contributed by atoms with Gasteiger partial charge in [-0.05, 0) is 71.8 Å². The number of aliphatic hydroxyl groups excluding tert-OH is 1. The van der Waals surface area contributed by atoms with Crippen LogP contribution in [0.5, 0.6) is 11.5 Å². The number of carbonyl (C=O) groups is 1. The Hall–Kier alpha value is -5.79. The molecule has 3 N–H and O–H groups in total. The summed E-state index contributed by atoms with van der Waals surface area (Å²) in [6.07, 6.45) is -0.426. The maximum absolute atomic E-state index is 13.0. The number of nitrogens with zero attached hydrogens (tertiary/aromatic N) is 3. The standard InChI is InChI=1S/C41H41N5O7/c47-28-29-9-11-30(12-10-29)39-26-38(27-44-21-23-45(24-22-44)34-15-17-35(18-16-34)46(49)50)52-40(53-39)31-5-4-6-33(25-31)43-41(48)42-32-13-19-37(20-14-32)51-36-7-2-1-3-8-36/h1-20,25,38-40,47H,21-24,26-28H2,(H2,42,43,48)/t38-,39+,40+/m1/s1. The van der Waals surface area contributed by atoms with Gasteiger partial charge in [0, 0.05) is 73.9 Å². The van der Waals surface area contributed by atoms with Crippen LogP contribution in [0.1, 0.15) is 35.5 Å². The first-order chi connectivity index (χ1) is 25.9. The van der Waals surface area contributed by atoms with Crippen LogP contribution in [0.3, 0.4) is 0 Å². The maximum Gasteiger partial charge on any atom is 0.323 e. The summed E-state index contributed by atoms with van der Waals surface area (Å²) >= 11 is 0. The summed E-state index contributed by atoms with van der Waals surface area (Å²) in [5, 5.41) is 26.5. The highest BCUT2D eigenvalue weighted by Crippen LogP contribution is 2.39. The first kappa shape index (κ1) is 35.6. The largest absolute Gasteiger partial charge is 0.457 e. The molecule has 2 fully saturated rings. The number of para-hydroxylation sites is 1. The van der Waals surface area contributed by atoms with E-state index < -0.39 is 12.3 Å². The third-order valence-electron chi connectivity index (χ3n) is 9.38. The SMILES string of the molecule is O=C(Nc1ccc(Oc2ccccc2)cc1)Nc1cccc([C@H]2O[C@@H](CN3CCN(c4ccc([N+](=O)[O-])cc4)CC3)C[C@@H](c3ccc(CO)cc3)O2)c1. The molecule has 3 atom stereocenters. The van der Waals surface area contributed by atoms with Crippen molar-refractivity contribution in [2.45, 2.75) is 31.5 Å². The third kappa shape index (κ3) is 9.36. The van der Waals surface area contributed by atoms with E-state index in [0.29, 0.717) is 30.1 Å². The molecule has 5 aromatic rings. The van der Waals surface area contributed by atoms with Gasteiger partial charge in [-0.2, -0.15) is 0 Å². The van der Waals surface area contributed by atoms with E-state index >= 15 is 0 Å². The second-order valence-corrected chi connectivity index (χ2v) is 13.1. The highest BCUT2D eigenvalue weighted by molar-refractivity contribution is 5.99. The molecule has 0 saturated carbocycles. The van der Waals surface area contributed by atoms with Crippen molar-refractivity contribution in [2.75, 3.05) is 48.3 Å². The van der Waals surface area contributed by atoms with Gasteiger partial charge in [0.1, 0.15) is 11.5 Å². The number of nitro benzene ring substituents is 1. The molecule has 0 spiro atoms. The first-order valence-corrected chi connectivity index (χ1v) is 17.6. The van der Waals surface area contributed by atoms with Crippen LogP contribution in [0.25, 0.3) is 0 Å². The lowest BCUT2D eigenvalue weighted by Crippen LogP contribution is -2.49. The molecular formula is C41H41N5O7. The highest BCUT2D eigenvalue weighted by Gasteiger charge is 2.34. The molecule has 2 saturated heterocycles. The zero-order valence-electron chi connectivity index (χ0n) is 29.0. The number of hydrogen-bond donors (Lipinski definition) is 3. The molecule has 272 valence electrons. The number of non-ortho nitro benzene ring substituents is 1. The Morgan fingerprint density at radius 3 is 2.17 bits per heavy atom. The third-order valence-corrected chi connectivity index (χ3v) is 9.38. The molecular weight excluding hydrogens is 674 g/mol. The molecule has 0 radical (unpaired) electrons. The average molecular weight is 716 g/mol. The van der Waals surface area contributed by atoms with Crippen molar-refractivity contribution in [3.63, 3.8) is 0 Å². The quantitative estimate of drug-likeness (QED) is 0.0921. The van der Waals surface area contributed by atoms with Gasteiger partial charge in [0.2, 0.25) is 0 Å². The Labute approximate surface area is 307 Å². The number of nitrogens with one attached hydrogen (secondary N) is 2. The summed E-state index contributed by atoms with van der Waals surface area (Å²) in [4.78, 5) is 28.3. The van der Waals surface area contributed by atoms with Gasteiger partial charge < -0.3 is 34.9 Å². The average Bonchev–Trinajstić information content (AvgIpc) is 3.19. The van der Waals surface area contributed by atoms with Crippen LogP contribution in [-0.4, -0.2) is 59.8 Å². The van der Waals surface area contributed by atoms with E-state index in [0.717, 1.165) is 54.3 Å². The van der Waals surface area contributed by atoms with Gasteiger partial charge in [0.15, 0.2) is 6.29 Å². The van der Waals surface area contributed by atoms with Crippen molar-refractivity contribution in [1.29, 1.82) is 0 Å². The van der Waals surface area contributed by atoms with Gasteiger partial charge in [-0.1, -0.05) is 54.6 Å². The van der Waals surface area contributed by atoms with Crippen molar-refractivity contribution >= 4 is 28.8 Å². The fraction of sp³-hybridized carbons (Fsp3) is 0.244. The topological polar surface area (TPSA) is 139 Å². The summed E-state index contributed by atoms with van der Waals surface area (Å²) in [6.45, 7) is 3.88. The lowest BCUT2D eigenvalue weighted by Gasteiger charge is -2.41. The zero-order valence-corrected chi connectivity index (χ0v) is 29.0. The predicted molar refractivity (Wildman–Crippen MR) is 202 cm³/mol. The molecule has 0 aliphatic carbocycles. The smallest absolute Gasteiger partial charge is 0.323 e. The van der Waals surface area contributed by atoms with Gasteiger partial charge in [-0.15, -0.1) is 0 Å². The van der Waals surface area contributed by atoms with Crippen LogP contribution in [-0.2, 0) is 16.1 Å². The maximum atomic E-state index is 13.0. The van der Waals surface area contributed by atoms with Crippen LogP contribution >= 0.6 is 0 Å². The number of nitro groups is 1. The van der Waals surface area contributed by atoms with E-state index in [9.17, 15) is 20.0 Å². The van der Waals surface area contributed by atoms with Crippen molar-refractivity contribution in [3.8, 4) is 11.5 Å². The van der Waals surface area contributed by atoms with Crippen LogP contribution in [0.4, 0.5) is 27.5 Å². The number of anilines is 3. The van der Waals surface area contributed by atoms with E-state index in [2.05, 4.69) is 20.4 Å². The Morgan fingerprint density at radius 1 is 0.774 bits per heavy atom. The van der Waals surface area contributed by atoms with Crippen molar-refractivity contribution < 1.29 is 29.0 Å². The Bertz CT molecular complexity index is 1970. The van der Waals surface area contributed by atoms with E-state index in [1.807, 2.05) is 78.9 Å². The van der Waals surface area contributed by atoms with E-state index in [4.69, 9.17) is 14.2 Å². The molecule has 2 aliphatic rings. The van der Waals surface area contributed by atoms with E-state index in [1.165, 1.54) is 0 Å². The number of carbonyl (C=O) groups excluding carboxylic acids is 1. The number of piperazine rings is 1. The van der Waals surface area contributed by atoms with Crippen LogP contribution in [0.2, 0.25) is 0 Å². The molecule has 0 aromatic heterocycles. The second kappa shape index (κ2) is 16.7. The molecule has 7 rings (SSSR count). The molecule has 2 aliphatic heterocycles. The van der Waals surface area contributed by atoms with E-state index in [1.54, 1.807) is 48.5 Å². The summed E-state index contributed by atoms with van der Waals surface area (Å²) in [6, 6.07) is 38.2. The molecule has 2 heterocycles. The summed E-state index contributed by atoms with van der Waals surface area (Å²) in [5.74, 6) is 1.39. The summed E-state index contributed by atoms with van der Waals surface area (Å²) in [7, 11) is 0. The fourth-order valence-electron chi connectivity index (χ4n) is 6.58. The lowest BCUT2D eigenvalue weighted by molar-refractivity contribution is -0.384. The van der Waals surface area contributed by atoms with Crippen molar-refractivity contribution in [2.24, 2.45) is 0 Å². The van der Waals surface area contributed by atoms with Gasteiger partial charge >= 0.3 is 6.03 Å². The van der Waals surface area contributed by atoms with E-state index in [-0.39, 0.29) is 29.4 Å². The minimum Gasteiger partial charge on any atom is -0.457 e. The summed E-state index contributed by atoms with van der Waals surface area (Å²) < 4.78 is 19.0. The highest BCUT2D eigenvalue weighted by atomic mass is 16.7. The minimum absolute atomic E-state index is 0.0344. The molecule has 2 amide bonds. The number of amides is 2. The molecule has 5 aromatic carbocycles. The number of rotatable bonds is 11. The molecule has 12 heteroatoms. The summed E-state index contributed by atoms with van der Waals surface area (Å²) in [5.41, 5.74) is 4.85. The molecule has 12 nitrogen and oxygen atoms in total. The molecule has 53 heavy (non-hydrogen) atoms. The Morgan fingerprint density at radius 2 is 1.47 bits per heavy atom.